The highest BCUT2D eigenvalue weighted by Gasteiger charge is 2.38. The van der Waals surface area contributed by atoms with E-state index < -0.39 is 27.1 Å². The summed E-state index contributed by atoms with van der Waals surface area (Å²) in [5, 5.41) is 11.1. The number of carbonyl (C=O) groups is 1. The predicted molar refractivity (Wildman–Crippen MR) is 71.5 cm³/mol. The summed E-state index contributed by atoms with van der Waals surface area (Å²) in [5.41, 5.74) is 0. The van der Waals surface area contributed by atoms with Gasteiger partial charge in [0.1, 0.15) is 6.04 Å². The van der Waals surface area contributed by atoms with Crippen LogP contribution >= 0.6 is 23.2 Å². The first-order chi connectivity index (χ1) is 8.82. The standard InChI is InChI=1S/C11H11Cl2NO4S/c12-6-1-2-10(8(13)3-6)19(17,18)7-4-9(11(15)16)14-5-7/h1-3,7,9,14H,4-5H2,(H,15,16)/t7-,9+/m1/s1. The van der Waals surface area contributed by atoms with Gasteiger partial charge < -0.3 is 10.4 Å². The van der Waals surface area contributed by atoms with Crippen LogP contribution in [-0.2, 0) is 14.6 Å². The zero-order valence-electron chi connectivity index (χ0n) is 9.64. The average Bonchev–Trinajstić information content (AvgIpc) is 2.78. The lowest BCUT2D eigenvalue weighted by atomic mass is 10.2. The van der Waals surface area contributed by atoms with Gasteiger partial charge >= 0.3 is 5.97 Å². The number of sulfone groups is 1. The van der Waals surface area contributed by atoms with E-state index >= 15 is 0 Å². The normalized spacial score (nSPS) is 23.5. The van der Waals surface area contributed by atoms with Gasteiger partial charge in [-0.15, -0.1) is 0 Å². The highest BCUT2D eigenvalue weighted by Crippen LogP contribution is 2.30. The van der Waals surface area contributed by atoms with Crippen LogP contribution < -0.4 is 5.32 Å². The first-order valence-electron chi connectivity index (χ1n) is 5.47. The summed E-state index contributed by atoms with van der Waals surface area (Å²) in [6.07, 6.45) is 0.0244. The van der Waals surface area contributed by atoms with Crippen LogP contribution in [0.5, 0.6) is 0 Å². The molecule has 0 spiro atoms. The van der Waals surface area contributed by atoms with Gasteiger partial charge in [-0.2, -0.15) is 0 Å². The number of carboxylic acids is 1. The molecular weight excluding hydrogens is 313 g/mol. The molecule has 1 saturated heterocycles. The van der Waals surface area contributed by atoms with Crippen LogP contribution in [0.2, 0.25) is 10.0 Å². The quantitative estimate of drug-likeness (QED) is 0.882. The second-order valence-corrected chi connectivity index (χ2v) is 7.32. The Morgan fingerprint density at radius 3 is 2.58 bits per heavy atom. The number of benzene rings is 1. The zero-order chi connectivity index (χ0) is 14.2. The van der Waals surface area contributed by atoms with Crippen molar-refractivity contribution in [3.63, 3.8) is 0 Å². The number of aliphatic carboxylic acids is 1. The Balaban J connectivity index is 2.31. The molecule has 19 heavy (non-hydrogen) atoms. The fraction of sp³-hybridized carbons (Fsp3) is 0.364. The lowest BCUT2D eigenvalue weighted by molar-refractivity contribution is -0.139. The maximum absolute atomic E-state index is 12.4. The van der Waals surface area contributed by atoms with Crippen LogP contribution in [0, 0.1) is 0 Å². The molecule has 1 aliphatic rings. The van der Waals surface area contributed by atoms with E-state index in [1.54, 1.807) is 0 Å². The molecule has 0 saturated carbocycles. The summed E-state index contributed by atoms with van der Waals surface area (Å²) in [6.45, 7) is 0.0955. The smallest absolute Gasteiger partial charge is 0.320 e. The van der Waals surface area contributed by atoms with Gasteiger partial charge in [-0.25, -0.2) is 8.42 Å². The minimum atomic E-state index is -3.67. The van der Waals surface area contributed by atoms with Crippen molar-refractivity contribution in [2.24, 2.45) is 0 Å². The molecule has 0 bridgehead atoms. The minimum absolute atomic E-state index is 0.0172. The summed E-state index contributed by atoms with van der Waals surface area (Å²) in [7, 11) is -3.67. The van der Waals surface area contributed by atoms with E-state index in [9.17, 15) is 13.2 Å². The summed E-state index contributed by atoms with van der Waals surface area (Å²) in [5.74, 6) is -1.06. The fourth-order valence-electron chi connectivity index (χ4n) is 2.01. The van der Waals surface area contributed by atoms with Gasteiger partial charge in [0.05, 0.1) is 15.2 Å². The molecule has 1 aromatic carbocycles. The molecule has 1 fully saturated rings. The summed E-state index contributed by atoms with van der Waals surface area (Å²) in [4.78, 5) is 10.8. The summed E-state index contributed by atoms with van der Waals surface area (Å²) in [6, 6.07) is 3.30. The summed E-state index contributed by atoms with van der Waals surface area (Å²) < 4.78 is 24.7. The molecule has 2 rings (SSSR count). The van der Waals surface area contributed by atoms with Gasteiger partial charge in [-0.3, -0.25) is 4.79 Å². The second-order valence-electron chi connectivity index (χ2n) is 4.28. The molecule has 0 aromatic heterocycles. The lowest BCUT2D eigenvalue weighted by Crippen LogP contribution is -2.30. The van der Waals surface area contributed by atoms with Gasteiger partial charge in [0.25, 0.3) is 0 Å². The van der Waals surface area contributed by atoms with Crippen LogP contribution in [0.3, 0.4) is 0 Å². The number of hydrogen-bond donors (Lipinski definition) is 2. The van der Waals surface area contributed by atoms with E-state index in [0.717, 1.165) is 0 Å². The van der Waals surface area contributed by atoms with Crippen molar-refractivity contribution >= 4 is 39.0 Å². The van der Waals surface area contributed by atoms with Crippen LogP contribution in [-0.4, -0.2) is 37.3 Å². The molecule has 1 heterocycles. The molecule has 0 radical (unpaired) electrons. The largest absolute Gasteiger partial charge is 0.480 e. The molecule has 104 valence electrons. The topological polar surface area (TPSA) is 83.5 Å². The SMILES string of the molecule is O=C(O)[C@@H]1C[C@@H](S(=O)(=O)c2ccc(Cl)cc2Cl)CN1. The van der Waals surface area contributed by atoms with E-state index in [2.05, 4.69) is 5.32 Å². The second kappa shape index (κ2) is 5.28. The van der Waals surface area contributed by atoms with Crippen molar-refractivity contribution in [2.75, 3.05) is 6.54 Å². The van der Waals surface area contributed by atoms with E-state index in [1.807, 2.05) is 0 Å². The average molecular weight is 324 g/mol. The molecule has 5 nitrogen and oxygen atoms in total. The van der Waals surface area contributed by atoms with E-state index in [1.165, 1.54) is 18.2 Å². The van der Waals surface area contributed by atoms with Crippen molar-refractivity contribution in [1.82, 2.24) is 5.32 Å². The molecule has 1 aliphatic heterocycles. The molecule has 0 amide bonds. The number of halogens is 2. The number of nitrogens with one attached hydrogen (secondary N) is 1. The van der Waals surface area contributed by atoms with Crippen LogP contribution in [0.15, 0.2) is 23.1 Å². The van der Waals surface area contributed by atoms with Crippen molar-refractivity contribution in [2.45, 2.75) is 22.6 Å². The minimum Gasteiger partial charge on any atom is -0.480 e. The highest BCUT2D eigenvalue weighted by atomic mass is 35.5. The van der Waals surface area contributed by atoms with Gasteiger partial charge in [0.15, 0.2) is 9.84 Å². The molecule has 1 aromatic rings. The molecule has 2 N–H and O–H groups in total. The molecule has 8 heteroatoms. The van der Waals surface area contributed by atoms with E-state index in [4.69, 9.17) is 28.3 Å². The molecule has 0 unspecified atom stereocenters. The van der Waals surface area contributed by atoms with Crippen molar-refractivity contribution in [1.29, 1.82) is 0 Å². The Labute approximate surface area is 120 Å². The van der Waals surface area contributed by atoms with Crippen molar-refractivity contribution in [3.05, 3.63) is 28.2 Å². The molecule has 0 aliphatic carbocycles. The maximum atomic E-state index is 12.4. The van der Waals surface area contributed by atoms with Crippen molar-refractivity contribution < 1.29 is 18.3 Å². The first kappa shape index (κ1) is 14.6. The third-order valence-corrected chi connectivity index (χ3v) is 5.89. The number of carboxylic acid groups (broad SMARTS) is 1. The van der Waals surface area contributed by atoms with Gasteiger partial charge in [0, 0.05) is 11.6 Å². The van der Waals surface area contributed by atoms with Crippen LogP contribution in [0.1, 0.15) is 6.42 Å². The lowest BCUT2D eigenvalue weighted by Gasteiger charge is -2.12. The third kappa shape index (κ3) is 2.86. The van der Waals surface area contributed by atoms with Gasteiger partial charge in [-0.1, -0.05) is 23.2 Å². The maximum Gasteiger partial charge on any atom is 0.320 e. The van der Waals surface area contributed by atoms with E-state index in [-0.39, 0.29) is 22.9 Å². The monoisotopic (exact) mass is 323 g/mol. The Hall–Kier alpha value is -0.820. The Bertz CT molecular complexity index is 617. The Kier molecular flexibility index (Phi) is 4.06. The van der Waals surface area contributed by atoms with Crippen LogP contribution in [0.4, 0.5) is 0 Å². The van der Waals surface area contributed by atoms with Gasteiger partial charge in [-0.05, 0) is 24.6 Å². The third-order valence-electron chi connectivity index (χ3n) is 3.03. The Morgan fingerprint density at radius 1 is 1.37 bits per heavy atom. The van der Waals surface area contributed by atoms with Crippen LogP contribution in [0.25, 0.3) is 0 Å². The summed E-state index contributed by atoms with van der Waals surface area (Å²) >= 11 is 11.6. The highest BCUT2D eigenvalue weighted by molar-refractivity contribution is 7.92. The molecule has 2 atom stereocenters. The van der Waals surface area contributed by atoms with Gasteiger partial charge in [0.2, 0.25) is 0 Å². The predicted octanol–water partition coefficient (Wildman–Crippen LogP) is 1.58. The molecular formula is C11H11Cl2NO4S. The van der Waals surface area contributed by atoms with E-state index in [0.29, 0.717) is 5.02 Å². The fourth-order valence-corrected chi connectivity index (χ4v) is 4.45. The Morgan fingerprint density at radius 2 is 2.05 bits per heavy atom. The zero-order valence-corrected chi connectivity index (χ0v) is 12.0. The van der Waals surface area contributed by atoms with Crippen molar-refractivity contribution in [3.8, 4) is 0 Å². The first-order valence-corrected chi connectivity index (χ1v) is 7.77. The number of rotatable bonds is 3. The number of hydrogen-bond acceptors (Lipinski definition) is 4.